The Morgan fingerprint density at radius 1 is 0.274 bits per heavy atom. The van der Waals surface area contributed by atoms with Gasteiger partial charge in [0.05, 0.1) is 31.9 Å². The fourth-order valence-corrected chi connectivity index (χ4v) is 15.2. The molecule has 12 aromatic carbocycles. The maximum atomic E-state index is 2.58. The predicted octanol–water partition coefficient (Wildman–Crippen LogP) is 20.0. The monoisotopic (exact) mass is 962 g/mol. The highest BCUT2D eigenvalue weighted by Crippen LogP contribution is 2.65. The number of thiophene rings is 2. The van der Waals surface area contributed by atoms with Crippen molar-refractivity contribution >= 4 is 119 Å². The van der Waals surface area contributed by atoms with Crippen LogP contribution in [0.2, 0.25) is 0 Å². The van der Waals surface area contributed by atoms with E-state index in [1.165, 1.54) is 123 Å². The van der Waals surface area contributed by atoms with Crippen LogP contribution in [0.4, 0.5) is 34.1 Å². The van der Waals surface area contributed by atoms with Gasteiger partial charge in [0.1, 0.15) is 0 Å². The number of anilines is 6. The van der Waals surface area contributed by atoms with Crippen molar-refractivity contribution in [3.05, 3.63) is 277 Å². The molecule has 0 saturated heterocycles. The first kappa shape index (κ1) is 40.9. The minimum Gasteiger partial charge on any atom is -0.309 e. The van der Waals surface area contributed by atoms with E-state index in [1.54, 1.807) is 0 Å². The zero-order chi connectivity index (χ0) is 47.8. The molecule has 0 bridgehead atoms. The van der Waals surface area contributed by atoms with Crippen LogP contribution in [0, 0.1) is 0 Å². The third kappa shape index (κ3) is 5.73. The minimum absolute atomic E-state index is 0.603. The zero-order valence-electron chi connectivity index (χ0n) is 39.5. The first-order valence-electron chi connectivity index (χ1n) is 25.1. The summed E-state index contributed by atoms with van der Waals surface area (Å²) in [6.07, 6.45) is 0. The Kier molecular flexibility index (Phi) is 8.74. The van der Waals surface area contributed by atoms with Gasteiger partial charge >= 0.3 is 0 Å². The lowest BCUT2D eigenvalue weighted by molar-refractivity contribution is 0.795. The van der Waals surface area contributed by atoms with Crippen LogP contribution in [0.1, 0.15) is 22.3 Å². The predicted molar refractivity (Wildman–Crippen MR) is 313 cm³/mol. The lowest BCUT2D eigenvalue weighted by Crippen LogP contribution is -2.26. The molecule has 0 radical (unpaired) electrons. The highest BCUT2D eigenvalue weighted by molar-refractivity contribution is 7.26. The van der Waals surface area contributed by atoms with Crippen molar-refractivity contribution in [3.63, 3.8) is 0 Å². The fraction of sp³-hybridized carbons (Fsp3) is 0.0145. The number of fused-ring (bicyclic) bond motifs is 19. The van der Waals surface area contributed by atoms with Crippen LogP contribution in [-0.2, 0) is 5.41 Å². The molecular formula is C69H42N2S2. The van der Waals surface area contributed by atoms with Crippen LogP contribution in [0.3, 0.4) is 0 Å². The van der Waals surface area contributed by atoms with E-state index in [2.05, 4.69) is 265 Å². The summed E-state index contributed by atoms with van der Waals surface area (Å²) in [6.45, 7) is 0. The van der Waals surface area contributed by atoms with Gasteiger partial charge in [-0.15, -0.1) is 22.7 Å². The maximum absolute atomic E-state index is 2.58. The maximum Gasteiger partial charge on any atom is 0.0726 e. The molecule has 2 aromatic heterocycles. The third-order valence-electron chi connectivity index (χ3n) is 15.8. The zero-order valence-corrected chi connectivity index (χ0v) is 41.1. The smallest absolute Gasteiger partial charge is 0.0726 e. The molecule has 0 unspecified atom stereocenters. The lowest BCUT2D eigenvalue weighted by atomic mass is 9.70. The molecule has 340 valence electrons. The Labute approximate surface area is 430 Å². The van der Waals surface area contributed by atoms with E-state index in [4.69, 9.17) is 0 Å². The normalized spacial score (nSPS) is 13.0. The Balaban J connectivity index is 0.987. The molecule has 1 spiro atoms. The summed E-state index contributed by atoms with van der Waals surface area (Å²) in [5.74, 6) is 0. The van der Waals surface area contributed by atoms with Gasteiger partial charge in [-0.05, 0) is 140 Å². The molecular weight excluding hydrogens is 921 g/mol. The van der Waals surface area contributed by atoms with Gasteiger partial charge in [0.2, 0.25) is 0 Å². The number of nitrogens with zero attached hydrogens (tertiary/aromatic N) is 2. The van der Waals surface area contributed by atoms with Crippen molar-refractivity contribution in [3.8, 4) is 22.3 Å². The van der Waals surface area contributed by atoms with Crippen LogP contribution in [0.5, 0.6) is 0 Å². The summed E-state index contributed by atoms with van der Waals surface area (Å²) in [7, 11) is 0. The Morgan fingerprint density at radius 2 is 0.781 bits per heavy atom. The van der Waals surface area contributed by atoms with Crippen molar-refractivity contribution < 1.29 is 0 Å². The second kappa shape index (κ2) is 15.6. The largest absolute Gasteiger partial charge is 0.309 e. The molecule has 2 heterocycles. The Bertz CT molecular complexity index is 4540. The van der Waals surface area contributed by atoms with Crippen LogP contribution >= 0.6 is 22.7 Å². The molecule has 0 saturated carbocycles. The number of hydrogen-bond donors (Lipinski definition) is 0. The van der Waals surface area contributed by atoms with Crippen molar-refractivity contribution in [1.82, 2.24) is 0 Å². The van der Waals surface area contributed by atoms with Gasteiger partial charge in [-0.25, -0.2) is 0 Å². The molecule has 4 heteroatoms. The fourth-order valence-electron chi connectivity index (χ4n) is 12.8. The minimum atomic E-state index is -0.603. The molecule has 2 aliphatic carbocycles. The molecule has 2 nitrogen and oxygen atoms in total. The van der Waals surface area contributed by atoms with Crippen molar-refractivity contribution in [2.45, 2.75) is 5.41 Å². The van der Waals surface area contributed by atoms with Crippen molar-refractivity contribution in [2.75, 3.05) is 9.80 Å². The molecule has 73 heavy (non-hydrogen) atoms. The summed E-state index contributed by atoms with van der Waals surface area (Å²) in [5.41, 5.74) is 16.8. The van der Waals surface area contributed by atoms with Gasteiger partial charge in [-0.1, -0.05) is 176 Å². The van der Waals surface area contributed by atoms with E-state index in [1.807, 2.05) is 22.7 Å². The van der Waals surface area contributed by atoms with Gasteiger partial charge in [-0.3, -0.25) is 0 Å². The third-order valence-corrected chi connectivity index (χ3v) is 18.2. The van der Waals surface area contributed by atoms with Gasteiger partial charge in [0.15, 0.2) is 0 Å². The number of para-hydroxylation sites is 2. The summed E-state index contributed by atoms with van der Waals surface area (Å²) in [5, 5.41) is 10.1. The Hall–Kier alpha value is -8.80. The van der Waals surface area contributed by atoms with Gasteiger partial charge in [-0.2, -0.15) is 0 Å². The first-order chi connectivity index (χ1) is 36.2. The highest BCUT2D eigenvalue weighted by Gasteiger charge is 2.52. The first-order valence-corrected chi connectivity index (χ1v) is 26.7. The van der Waals surface area contributed by atoms with Gasteiger partial charge < -0.3 is 9.80 Å². The molecule has 0 atom stereocenters. The topological polar surface area (TPSA) is 6.48 Å². The van der Waals surface area contributed by atoms with E-state index in [0.29, 0.717) is 0 Å². The number of hydrogen-bond acceptors (Lipinski definition) is 4. The van der Waals surface area contributed by atoms with E-state index in [-0.39, 0.29) is 0 Å². The lowest BCUT2D eigenvalue weighted by Gasteiger charge is -2.33. The van der Waals surface area contributed by atoms with Gasteiger partial charge in [0.25, 0.3) is 0 Å². The second-order valence-electron chi connectivity index (χ2n) is 19.5. The number of rotatable bonds is 6. The molecule has 2 aliphatic rings. The SMILES string of the molecule is c1ccc(N(c2ccc3cc4c(cc3c2)C2(c3ccccc3-c3ccccc32)c2cc(N(c3ccccc3)c3cccc5c3sc3ccccc35)c3ccccc3c2-4)c2cccc3c2sc2ccccc23)cc1. The van der Waals surface area contributed by atoms with Crippen LogP contribution in [0.25, 0.3) is 84.1 Å². The quantitative estimate of drug-likeness (QED) is 0.164. The van der Waals surface area contributed by atoms with E-state index in [0.717, 1.165) is 17.1 Å². The average Bonchev–Trinajstić information content (AvgIpc) is 4.19. The van der Waals surface area contributed by atoms with E-state index < -0.39 is 5.41 Å². The van der Waals surface area contributed by atoms with E-state index >= 15 is 0 Å². The summed E-state index contributed by atoms with van der Waals surface area (Å²) in [6, 6.07) is 95.5. The highest BCUT2D eigenvalue weighted by atomic mass is 32.1. The molecule has 0 fully saturated rings. The summed E-state index contributed by atoms with van der Waals surface area (Å²) >= 11 is 3.76. The van der Waals surface area contributed by atoms with Crippen LogP contribution in [0.15, 0.2) is 255 Å². The van der Waals surface area contributed by atoms with Crippen molar-refractivity contribution in [1.29, 1.82) is 0 Å². The van der Waals surface area contributed by atoms with Crippen molar-refractivity contribution in [2.24, 2.45) is 0 Å². The molecule has 0 N–H and O–H groups in total. The summed E-state index contributed by atoms with van der Waals surface area (Å²) in [4.78, 5) is 5.01. The Morgan fingerprint density at radius 3 is 1.41 bits per heavy atom. The molecule has 0 amide bonds. The molecule has 16 rings (SSSR count). The summed E-state index contributed by atoms with van der Waals surface area (Å²) < 4.78 is 5.16. The standard InChI is InChI=1S/C69H42N2S2/c1-3-19-45(20-4-1)70(61-33-17-29-54-51-26-11-15-35-64(51)72-67(54)61)47-38-37-43-40-56-59(41-44(43)39-47)69(57-31-13-9-23-48(57)49-24-10-14-32-58(49)69)60-42-63(50-25-7-8-28-53(50)66(56)60)71(46-21-5-2-6-22-46)62-34-18-30-55-52-27-12-16-36-65(52)73-68(55)62/h1-42H. The molecule has 0 aliphatic heterocycles. The van der Waals surface area contributed by atoms with Gasteiger partial charge in [0, 0.05) is 53.4 Å². The van der Waals surface area contributed by atoms with E-state index in [9.17, 15) is 0 Å². The average molecular weight is 963 g/mol. The molecule has 14 aromatic rings. The van der Waals surface area contributed by atoms with Crippen LogP contribution in [-0.4, -0.2) is 0 Å². The number of benzene rings is 12. The van der Waals surface area contributed by atoms with Crippen LogP contribution < -0.4 is 9.80 Å². The second-order valence-corrected chi connectivity index (χ2v) is 21.6.